The third-order valence-corrected chi connectivity index (χ3v) is 7.25. The summed E-state index contributed by atoms with van der Waals surface area (Å²) in [5.41, 5.74) is 1.83. The lowest BCUT2D eigenvalue weighted by Gasteiger charge is -2.09. The van der Waals surface area contributed by atoms with Gasteiger partial charge in [0.15, 0.2) is 0 Å². The number of rotatable bonds is 8. The predicted octanol–water partition coefficient (Wildman–Crippen LogP) is 3.24. The molecule has 0 saturated heterocycles. The highest BCUT2D eigenvalue weighted by atomic mass is 32.2. The Morgan fingerprint density at radius 2 is 1.94 bits per heavy atom. The molecule has 162 valence electrons. The highest BCUT2D eigenvalue weighted by molar-refractivity contribution is 7.98. The molecular formula is C22H24N4O3S2. The van der Waals surface area contributed by atoms with Gasteiger partial charge in [-0.15, -0.1) is 11.3 Å². The lowest BCUT2D eigenvalue weighted by atomic mass is 9.97. The summed E-state index contributed by atoms with van der Waals surface area (Å²) in [7, 11) is 0. The van der Waals surface area contributed by atoms with Crippen molar-refractivity contribution < 1.29 is 9.59 Å². The molecule has 9 heteroatoms. The minimum absolute atomic E-state index is 0.0535. The van der Waals surface area contributed by atoms with E-state index in [2.05, 4.69) is 20.6 Å². The van der Waals surface area contributed by atoms with Gasteiger partial charge in [-0.2, -0.15) is 11.8 Å². The minimum Gasteiger partial charge on any atom is -0.347 e. The number of fused-ring (bicyclic) bond motifs is 3. The molecule has 0 unspecified atom stereocenters. The Morgan fingerprint density at radius 1 is 1.13 bits per heavy atom. The molecule has 2 amide bonds. The van der Waals surface area contributed by atoms with Crippen molar-refractivity contribution in [2.75, 3.05) is 17.6 Å². The van der Waals surface area contributed by atoms with E-state index in [1.807, 2.05) is 18.2 Å². The van der Waals surface area contributed by atoms with Crippen LogP contribution in [0.15, 0.2) is 35.1 Å². The average molecular weight is 457 g/mol. The van der Waals surface area contributed by atoms with E-state index < -0.39 is 0 Å². The van der Waals surface area contributed by atoms with Crippen LogP contribution in [0.3, 0.4) is 0 Å². The Balaban J connectivity index is 1.21. The van der Waals surface area contributed by atoms with E-state index in [1.54, 1.807) is 23.5 Å². The standard InChI is InChI=1S/C22H24N4O3S2/c27-18(23-12-19(28)24-14-6-2-1-3-7-14)10-11-30-13-17-25-21(29)20-15-8-4-5-9-16(15)31-22(20)26-17/h1-3,6-7H,4-5,8-13H2,(H,23,27)(H,24,28)(H,25,26,29). The van der Waals surface area contributed by atoms with Crippen LogP contribution in [0.4, 0.5) is 5.69 Å². The second kappa shape index (κ2) is 10.1. The quantitative estimate of drug-likeness (QED) is 0.452. The summed E-state index contributed by atoms with van der Waals surface area (Å²) >= 11 is 3.17. The number of H-pyrrole nitrogens is 1. The number of hydrogen-bond donors (Lipinski definition) is 3. The molecule has 31 heavy (non-hydrogen) atoms. The van der Waals surface area contributed by atoms with E-state index in [-0.39, 0.29) is 23.9 Å². The highest BCUT2D eigenvalue weighted by Crippen LogP contribution is 2.33. The molecule has 0 atom stereocenters. The Morgan fingerprint density at radius 3 is 2.77 bits per heavy atom. The molecule has 1 aliphatic rings. The lowest BCUT2D eigenvalue weighted by Crippen LogP contribution is -2.33. The zero-order valence-corrected chi connectivity index (χ0v) is 18.7. The van der Waals surface area contributed by atoms with Crippen LogP contribution in [-0.2, 0) is 28.2 Å². The number of carbonyl (C=O) groups is 2. The first-order valence-corrected chi connectivity index (χ1v) is 12.3. The Kier molecular flexibility index (Phi) is 7.03. The summed E-state index contributed by atoms with van der Waals surface area (Å²) in [6.07, 6.45) is 4.61. The minimum atomic E-state index is -0.263. The van der Waals surface area contributed by atoms with E-state index in [4.69, 9.17) is 0 Å². The molecule has 2 aromatic heterocycles. The number of amides is 2. The van der Waals surface area contributed by atoms with E-state index in [0.717, 1.165) is 29.5 Å². The monoisotopic (exact) mass is 456 g/mol. The molecule has 3 N–H and O–H groups in total. The fraction of sp³-hybridized carbons (Fsp3) is 0.364. The van der Waals surface area contributed by atoms with Crippen LogP contribution >= 0.6 is 23.1 Å². The number of aryl methyl sites for hydroxylation is 2. The first kappa shape index (κ1) is 21.6. The van der Waals surface area contributed by atoms with Crippen molar-refractivity contribution in [3.8, 4) is 0 Å². The highest BCUT2D eigenvalue weighted by Gasteiger charge is 2.19. The number of benzene rings is 1. The zero-order chi connectivity index (χ0) is 21.6. The van der Waals surface area contributed by atoms with Crippen LogP contribution in [0.5, 0.6) is 0 Å². The first-order valence-electron chi connectivity index (χ1n) is 10.3. The number of anilines is 1. The number of aromatic amines is 1. The summed E-state index contributed by atoms with van der Waals surface area (Å²) in [5, 5.41) is 6.12. The van der Waals surface area contributed by atoms with Crippen molar-refractivity contribution in [3.63, 3.8) is 0 Å². The Labute approximate surface area is 188 Å². The fourth-order valence-electron chi connectivity index (χ4n) is 3.60. The molecule has 0 saturated carbocycles. The van der Waals surface area contributed by atoms with Gasteiger partial charge in [0.1, 0.15) is 10.7 Å². The van der Waals surface area contributed by atoms with Gasteiger partial charge >= 0.3 is 0 Å². The van der Waals surface area contributed by atoms with Crippen molar-refractivity contribution in [3.05, 3.63) is 57.0 Å². The molecule has 3 aromatic rings. The van der Waals surface area contributed by atoms with Gasteiger partial charge in [0.2, 0.25) is 11.8 Å². The summed E-state index contributed by atoms with van der Waals surface area (Å²) in [5.74, 6) is 1.31. The van der Waals surface area contributed by atoms with Crippen molar-refractivity contribution in [2.24, 2.45) is 0 Å². The van der Waals surface area contributed by atoms with Gasteiger partial charge in [-0.1, -0.05) is 18.2 Å². The van der Waals surface area contributed by atoms with E-state index in [0.29, 0.717) is 29.4 Å². The molecule has 1 aromatic carbocycles. The van der Waals surface area contributed by atoms with Gasteiger partial charge in [-0.3, -0.25) is 14.4 Å². The SMILES string of the molecule is O=C(CCSCc1nc2sc3c(c2c(=O)[nH]1)CCCC3)NCC(=O)Nc1ccccc1. The van der Waals surface area contributed by atoms with Gasteiger partial charge in [-0.05, 0) is 43.4 Å². The molecule has 0 aliphatic heterocycles. The summed E-state index contributed by atoms with van der Waals surface area (Å²) in [6, 6.07) is 9.11. The van der Waals surface area contributed by atoms with Crippen molar-refractivity contribution >= 4 is 50.8 Å². The molecule has 1 aliphatic carbocycles. The van der Waals surface area contributed by atoms with E-state index in [1.165, 1.54) is 28.6 Å². The third-order valence-electron chi connectivity index (χ3n) is 5.09. The summed E-state index contributed by atoms with van der Waals surface area (Å²) < 4.78 is 0. The number of nitrogens with zero attached hydrogens (tertiary/aromatic N) is 1. The molecule has 0 spiro atoms. The second-order valence-electron chi connectivity index (χ2n) is 7.40. The number of carbonyl (C=O) groups excluding carboxylic acids is 2. The van der Waals surface area contributed by atoms with Gasteiger partial charge in [0.05, 0.1) is 17.7 Å². The topological polar surface area (TPSA) is 104 Å². The predicted molar refractivity (Wildman–Crippen MR) is 126 cm³/mol. The molecular weight excluding hydrogens is 432 g/mol. The Bertz CT molecular complexity index is 1140. The number of hydrogen-bond acceptors (Lipinski definition) is 6. The van der Waals surface area contributed by atoms with Crippen LogP contribution in [-0.4, -0.2) is 34.1 Å². The molecule has 2 heterocycles. The van der Waals surface area contributed by atoms with Crippen LogP contribution < -0.4 is 16.2 Å². The van der Waals surface area contributed by atoms with Crippen LogP contribution in [0.1, 0.15) is 35.5 Å². The number of aromatic nitrogens is 2. The first-order chi connectivity index (χ1) is 15.1. The van der Waals surface area contributed by atoms with Gasteiger partial charge in [0, 0.05) is 22.7 Å². The number of thioether (sulfide) groups is 1. The van der Waals surface area contributed by atoms with Crippen LogP contribution in [0, 0.1) is 0 Å². The maximum atomic E-state index is 12.6. The van der Waals surface area contributed by atoms with E-state index >= 15 is 0 Å². The van der Waals surface area contributed by atoms with Crippen molar-refractivity contribution in [1.29, 1.82) is 0 Å². The fourth-order valence-corrected chi connectivity index (χ4v) is 5.69. The van der Waals surface area contributed by atoms with Crippen molar-refractivity contribution in [1.82, 2.24) is 15.3 Å². The summed E-state index contributed by atoms with van der Waals surface area (Å²) in [6.45, 7) is -0.0625. The maximum absolute atomic E-state index is 12.6. The number of para-hydroxylation sites is 1. The second-order valence-corrected chi connectivity index (χ2v) is 9.59. The molecule has 0 bridgehead atoms. The maximum Gasteiger partial charge on any atom is 0.259 e. The molecule has 0 fully saturated rings. The molecule has 4 rings (SSSR count). The lowest BCUT2D eigenvalue weighted by molar-refractivity contribution is -0.123. The zero-order valence-electron chi connectivity index (χ0n) is 17.0. The van der Waals surface area contributed by atoms with Gasteiger partial charge < -0.3 is 15.6 Å². The normalized spacial score (nSPS) is 13.0. The van der Waals surface area contributed by atoms with Crippen LogP contribution in [0.2, 0.25) is 0 Å². The third kappa shape index (κ3) is 5.54. The van der Waals surface area contributed by atoms with E-state index in [9.17, 15) is 14.4 Å². The Hall–Kier alpha value is -2.65. The average Bonchev–Trinajstić information content (AvgIpc) is 3.15. The number of thiophene rings is 1. The molecule has 7 nitrogen and oxygen atoms in total. The van der Waals surface area contributed by atoms with Gasteiger partial charge in [-0.25, -0.2) is 4.98 Å². The van der Waals surface area contributed by atoms with Crippen molar-refractivity contribution in [2.45, 2.75) is 37.9 Å². The number of nitrogens with one attached hydrogen (secondary N) is 3. The molecule has 0 radical (unpaired) electrons. The van der Waals surface area contributed by atoms with Crippen LogP contribution in [0.25, 0.3) is 10.2 Å². The summed E-state index contributed by atoms with van der Waals surface area (Å²) in [4.78, 5) is 46.1. The smallest absolute Gasteiger partial charge is 0.259 e. The van der Waals surface area contributed by atoms with Gasteiger partial charge in [0.25, 0.3) is 5.56 Å². The largest absolute Gasteiger partial charge is 0.347 e.